The number of carbonyl (C=O) groups is 2. The van der Waals surface area contributed by atoms with E-state index in [1.54, 1.807) is 24.3 Å². The van der Waals surface area contributed by atoms with E-state index in [1.807, 2.05) is 20.8 Å². The fourth-order valence-corrected chi connectivity index (χ4v) is 3.42. The molecule has 0 unspecified atom stereocenters. The van der Waals surface area contributed by atoms with E-state index >= 15 is 0 Å². The van der Waals surface area contributed by atoms with E-state index in [0.29, 0.717) is 24.2 Å². The third kappa shape index (κ3) is 5.85. The van der Waals surface area contributed by atoms with Crippen molar-refractivity contribution < 1.29 is 9.59 Å². The smallest absolute Gasteiger partial charge is 0.251 e. The molecule has 1 aromatic rings. The van der Waals surface area contributed by atoms with Gasteiger partial charge in [0.1, 0.15) is 0 Å². The summed E-state index contributed by atoms with van der Waals surface area (Å²) in [5.74, 6) is -0.117. The Morgan fingerprint density at radius 1 is 1.08 bits per heavy atom. The van der Waals surface area contributed by atoms with Crippen molar-refractivity contribution in [2.75, 3.05) is 11.9 Å². The van der Waals surface area contributed by atoms with Gasteiger partial charge in [0.25, 0.3) is 5.91 Å². The molecule has 0 heterocycles. The highest BCUT2D eigenvalue weighted by Gasteiger charge is 2.32. The molecule has 138 valence electrons. The van der Waals surface area contributed by atoms with E-state index in [-0.39, 0.29) is 22.8 Å². The van der Waals surface area contributed by atoms with Crippen molar-refractivity contribution in [2.45, 2.75) is 64.8 Å². The van der Waals surface area contributed by atoms with Crippen molar-refractivity contribution in [2.24, 2.45) is 11.1 Å². The molecule has 1 aromatic carbocycles. The van der Waals surface area contributed by atoms with Gasteiger partial charge in [-0.1, -0.05) is 19.3 Å². The predicted molar refractivity (Wildman–Crippen MR) is 101 cm³/mol. The molecule has 2 amide bonds. The van der Waals surface area contributed by atoms with Crippen molar-refractivity contribution in [1.29, 1.82) is 0 Å². The zero-order valence-corrected chi connectivity index (χ0v) is 15.7. The van der Waals surface area contributed by atoms with Crippen LogP contribution in [-0.4, -0.2) is 23.9 Å². The van der Waals surface area contributed by atoms with Crippen LogP contribution in [0.2, 0.25) is 0 Å². The van der Waals surface area contributed by atoms with Crippen LogP contribution in [0.1, 0.15) is 69.7 Å². The first-order valence-corrected chi connectivity index (χ1v) is 9.16. The Labute approximate surface area is 150 Å². The van der Waals surface area contributed by atoms with E-state index in [2.05, 4.69) is 10.6 Å². The van der Waals surface area contributed by atoms with Gasteiger partial charge >= 0.3 is 0 Å². The molecule has 2 rings (SSSR count). The number of hydrogen-bond donors (Lipinski definition) is 3. The van der Waals surface area contributed by atoms with Crippen LogP contribution < -0.4 is 16.4 Å². The normalized spacial score (nSPS) is 17.0. The van der Waals surface area contributed by atoms with Gasteiger partial charge in [0.2, 0.25) is 5.91 Å². The topological polar surface area (TPSA) is 84.2 Å². The Morgan fingerprint density at radius 2 is 1.68 bits per heavy atom. The Bertz CT molecular complexity index is 596. The van der Waals surface area contributed by atoms with Crippen LogP contribution in [0.3, 0.4) is 0 Å². The van der Waals surface area contributed by atoms with E-state index in [1.165, 1.54) is 6.42 Å². The summed E-state index contributed by atoms with van der Waals surface area (Å²) in [5, 5.41) is 5.86. The van der Waals surface area contributed by atoms with Crippen LogP contribution in [0, 0.1) is 5.41 Å². The molecule has 0 aromatic heterocycles. The maximum atomic E-state index is 12.4. The minimum Gasteiger partial charge on any atom is -0.347 e. The number of nitrogens with two attached hydrogens (primary N) is 1. The molecular weight excluding hydrogens is 314 g/mol. The first-order chi connectivity index (χ1) is 11.7. The molecule has 1 fully saturated rings. The van der Waals surface area contributed by atoms with Crippen LogP contribution in [0.25, 0.3) is 0 Å². The first kappa shape index (κ1) is 19.4. The van der Waals surface area contributed by atoms with Gasteiger partial charge in [-0.15, -0.1) is 0 Å². The van der Waals surface area contributed by atoms with Crippen LogP contribution in [-0.2, 0) is 4.79 Å². The largest absolute Gasteiger partial charge is 0.347 e. The average Bonchev–Trinajstić information content (AvgIpc) is 2.54. The molecular formula is C20H31N3O2. The molecule has 5 nitrogen and oxygen atoms in total. The van der Waals surface area contributed by atoms with Crippen LogP contribution in [0.15, 0.2) is 24.3 Å². The summed E-state index contributed by atoms with van der Waals surface area (Å²) in [5.41, 5.74) is 6.93. The quantitative estimate of drug-likeness (QED) is 0.764. The van der Waals surface area contributed by atoms with Gasteiger partial charge in [0.15, 0.2) is 0 Å². The fraction of sp³-hybridized carbons (Fsp3) is 0.600. The van der Waals surface area contributed by atoms with Gasteiger partial charge in [-0.25, -0.2) is 0 Å². The highest BCUT2D eigenvalue weighted by Crippen LogP contribution is 2.38. The summed E-state index contributed by atoms with van der Waals surface area (Å²) in [7, 11) is 0. The second-order valence-corrected chi connectivity index (χ2v) is 8.27. The standard InChI is InChI=1S/C20H31N3O2/c1-19(2,3)23-18(25)15-7-9-16(10-8-15)22-17(24)13-20(14-21)11-5-4-6-12-20/h7-10H,4-6,11-14,21H2,1-3H3,(H,22,24)(H,23,25). The Hall–Kier alpha value is -1.88. The number of nitrogens with one attached hydrogen (secondary N) is 2. The van der Waals surface area contributed by atoms with E-state index in [9.17, 15) is 9.59 Å². The van der Waals surface area contributed by atoms with Crippen molar-refractivity contribution in [3.05, 3.63) is 29.8 Å². The molecule has 1 aliphatic rings. The molecule has 0 aliphatic heterocycles. The highest BCUT2D eigenvalue weighted by atomic mass is 16.2. The number of benzene rings is 1. The molecule has 1 saturated carbocycles. The summed E-state index contributed by atoms with van der Waals surface area (Å²) < 4.78 is 0. The average molecular weight is 345 g/mol. The lowest BCUT2D eigenvalue weighted by Crippen LogP contribution is -2.40. The SMILES string of the molecule is CC(C)(C)NC(=O)c1ccc(NC(=O)CC2(CN)CCCCC2)cc1. The molecule has 0 atom stereocenters. The monoisotopic (exact) mass is 345 g/mol. The number of anilines is 1. The maximum Gasteiger partial charge on any atom is 0.251 e. The van der Waals surface area contributed by atoms with E-state index in [0.717, 1.165) is 25.7 Å². The maximum absolute atomic E-state index is 12.4. The number of hydrogen-bond acceptors (Lipinski definition) is 3. The predicted octanol–water partition coefficient (Wildman–Crippen LogP) is 3.45. The summed E-state index contributed by atoms with van der Waals surface area (Å²) in [6.45, 7) is 6.39. The molecule has 0 radical (unpaired) electrons. The molecule has 0 saturated heterocycles. The lowest BCUT2D eigenvalue weighted by molar-refractivity contribution is -0.118. The Balaban J connectivity index is 1.94. The van der Waals surface area contributed by atoms with E-state index < -0.39 is 0 Å². The summed E-state index contributed by atoms with van der Waals surface area (Å²) in [4.78, 5) is 24.5. The van der Waals surface area contributed by atoms with E-state index in [4.69, 9.17) is 5.73 Å². The summed E-state index contributed by atoms with van der Waals surface area (Å²) in [6, 6.07) is 7.00. The second kappa shape index (κ2) is 8.00. The molecule has 0 bridgehead atoms. The Kier molecular flexibility index (Phi) is 6.22. The molecule has 25 heavy (non-hydrogen) atoms. The van der Waals surface area contributed by atoms with Crippen LogP contribution >= 0.6 is 0 Å². The fourth-order valence-electron chi connectivity index (χ4n) is 3.42. The summed E-state index contributed by atoms with van der Waals surface area (Å²) >= 11 is 0. The third-order valence-electron chi connectivity index (χ3n) is 4.80. The van der Waals surface area contributed by atoms with Gasteiger partial charge in [-0.3, -0.25) is 9.59 Å². The molecule has 5 heteroatoms. The summed E-state index contributed by atoms with van der Waals surface area (Å²) in [6.07, 6.45) is 6.08. The number of carbonyl (C=O) groups excluding carboxylic acids is 2. The lowest BCUT2D eigenvalue weighted by Gasteiger charge is -2.35. The van der Waals surface area contributed by atoms with Gasteiger partial charge < -0.3 is 16.4 Å². The molecule has 1 aliphatic carbocycles. The van der Waals surface area contributed by atoms with Gasteiger partial charge in [0, 0.05) is 23.2 Å². The molecule has 0 spiro atoms. The minimum atomic E-state index is -0.277. The second-order valence-electron chi connectivity index (χ2n) is 8.27. The van der Waals surface area contributed by atoms with Crippen molar-refractivity contribution in [1.82, 2.24) is 5.32 Å². The van der Waals surface area contributed by atoms with Gasteiger partial charge in [-0.05, 0) is 69.8 Å². The van der Waals surface area contributed by atoms with Gasteiger partial charge in [0.05, 0.1) is 0 Å². The van der Waals surface area contributed by atoms with Crippen molar-refractivity contribution in [3.63, 3.8) is 0 Å². The zero-order chi connectivity index (χ0) is 18.5. The highest BCUT2D eigenvalue weighted by molar-refractivity contribution is 5.96. The minimum absolute atomic E-state index is 0.000701. The van der Waals surface area contributed by atoms with Crippen molar-refractivity contribution in [3.8, 4) is 0 Å². The number of rotatable bonds is 5. The molecule has 4 N–H and O–H groups in total. The lowest BCUT2D eigenvalue weighted by atomic mass is 9.71. The van der Waals surface area contributed by atoms with Gasteiger partial charge in [-0.2, -0.15) is 0 Å². The first-order valence-electron chi connectivity index (χ1n) is 9.16. The number of amides is 2. The Morgan fingerprint density at radius 3 is 2.20 bits per heavy atom. The van der Waals surface area contributed by atoms with Crippen LogP contribution in [0.5, 0.6) is 0 Å². The third-order valence-corrected chi connectivity index (χ3v) is 4.80. The van der Waals surface area contributed by atoms with Crippen molar-refractivity contribution >= 4 is 17.5 Å². The van der Waals surface area contributed by atoms with Crippen LogP contribution in [0.4, 0.5) is 5.69 Å². The zero-order valence-electron chi connectivity index (χ0n) is 15.7.